The van der Waals surface area contributed by atoms with Gasteiger partial charge >= 0.3 is 0 Å². The summed E-state index contributed by atoms with van der Waals surface area (Å²) in [6.07, 6.45) is 2.14. The van der Waals surface area contributed by atoms with Gasteiger partial charge < -0.3 is 10.3 Å². The molecule has 3 rings (SSSR count). The van der Waals surface area contributed by atoms with Gasteiger partial charge in [-0.2, -0.15) is 5.26 Å². The highest BCUT2D eigenvalue weighted by Crippen LogP contribution is 2.33. The number of aromatic amines is 1. The number of allylic oxidation sites excluding steroid dienone is 3. The molecule has 1 aliphatic heterocycles. The van der Waals surface area contributed by atoms with Gasteiger partial charge in [-0.25, -0.2) is 0 Å². The first-order chi connectivity index (χ1) is 10.5. The molecule has 0 unspecified atom stereocenters. The summed E-state index contributed by atoms with van der Waals surface area (Å²) < 4.78 is 0. The van der Waals surface area contributed by atoms with Crippen LogP contribution in [0, 0.1) is 11.3 Å². The van der Waals surface area contributed by atoms with Gasteiger partial charge in [-0.15, -0.1) is 0 Å². The molecule has 0 spiro atoms. The first-order valence-electron chi connectivity index (χ1n) is 6.91. The molecule has 0 saturated carbocycles. The number of aromatic nitrogens is 1. The van der Waals surface area contributed by atoms with E-state index in [-0.39, 0.29) is 12.3 Å². The van der Waals surface area contributed by atoms with Crippen molar-refractivity contribution in [3.05, 3.63) is 65.5 Å². The lowest BCUT2D eigenvalue weighted by molar-refractivity contribution is -0.119. The highest BCUT2D eigenvalue weighted by atomic mass is 16.1. The van der Waals surface area contributed by atoms with Gasteiger partial charge in [0.15, 0.2) is 0 Å². The summed E-state index contributed by atoms with van der Waals surface area (Å²) in [6.45, 7) is 9.74. The normalized spacial score (nSPS) is 16.1. The summed E-state index contributed by atoms with van der Waals surface area (Å²) in [5.74, 6) is -0.111. The zero-order valence-corrected chi connectivity index (χ0v) is 12.3. The lowest BCUT2D eigenvalue weighted by Crippen LogP contribution is -2.21. The average molecular weight is 289 g/mol. The Labute approximate surface area is 128 Å². The maximum absolute atomic E-state index is 12.1. The molecule has 0 saturated heterocycles. The molecule has 1 amide bonds. The Hall–Kier alpha value is -3.06. The van der Waals surface area contributed by atoms with Crippen molar-refractivity contribution in [1.82, 2.24) is 10.3 Å². The fraction of sp³-hybridized carbons (Fsp3) is 0.111. The minimum atomic E-state index is -0.111. The van der Waals surface area contributed by atoms with Gasteiger partial charge in [0, 0.05) is 22.2 Å². The standard InChI is InChI=1S/C18H15N3O/c1-10(2)6-13-11(3)20-17(22)8-15-14-7-12(9-19)4-5-16(14)21-18(13)15/h4-7,21H,1,3,8H2,2H3,(H,20,22)/b13-6+. The number of benzene rings is 1. The number of nitrogens with zero attached hydrogens (tertiary/aromatic N) is 1. The van der Waals surface area contributed by atoms with Gasteiger partial charge in [-0.1, -0.05) is 18.7 Å². The predicted octanol–water partition coefficient (Wildman–Crippen LogP) is 3.19. The summed E-state index contributed by atoms with van der Waals surface area (Å²) in [6, 6.07) is 7.57. The molecule has 0 radical (unpaired) electrons. The number of H-pyrrole nitrogens is 1. The fourth-order valence-corrected chi connectivity index (χ4v) is 2.73. The number of nitriles is 1. The molecule has 0 fully saturated rings. The molecular weight excluding hydrogens is 274 g/mol. The van der Waals surface area contributed by atoms with E-state index in [1.165, 1.54) is 0 Å². The molecule has 2 aromatic rings. The second kappa shape index (κ2) is 5.05. The van der Waals surface area contributed by atoms with Crippen LogP contribution in [0.5, 0.6) is 0 Å². The largest absolute Gasteiger partial charge is 0.354 e. The van der Waals surface area contributed by atoms with Crippen molar-refractivity contribution in [3.8, 4) is 6.07 Å². The number of carbonyl (C=O) groups excluding carboxylic acids is 1. The van der Waals surface area contributed by atoms with Gasteiger partial charge in [0.1, 0.15) is 0 Å². The Kier molecular flexibility index (Phi) is 3.19. The van der Waals surface area contributed by atoms with E-state index in [0.29, 0.717) is 11.3 Å². The number of hydrogen-bond acceptors (Lipinski definition) is 2. The smallest absolute Gasteiger partial charge is 0.228 e. The number of nitrogens with one attached hydrogen (secondary N) is 2. The van der Waals surface area contributed by atoms with Crippen LogP contribution < -0.4 is 5.32 Å². The minimum Gasteiger partial charge on any atom is -0.354 e. The van der Waals surface area contributed by atoms with Crippen LogP contribution in [0.25, 0.3) is 16.5 Å². The number of rotatable bonds is 1. The van der Waals surface area contributed by atoms with Gasteiger partial charge in [0.25, 0.3) is 0 Å². The zero-order chi connectivity index (χ0) is 15.9. The first kappa shape index (κ1) is 13.9. The third-order valence-corrected chi connectivity index (χ3v) is 3.65. The molecule has 2 N–H and O–H groups in total. The molecule has 0 atom stereocenters. The third-order valence-electron chi connectivity index (χ3n) is 3.65. The lowest BCUT2D eigenvalue weighted by atomic mass is 10.0. The highest BCUT2D eigenvalue weighted by molar-refractivity contribution is 6.00. The molecule has 1 aliphatic rings. The number of fused-ring (bicyclic) bond motifs is 3. The Balaban J connectivity index is 2.34. The predicted molar refractivity (Wildman–Crippen MR) is 86.8 cm³/mol. The van der Waals surface area contributed by atoms with Gasteiger partial charge in [-0.3, -0.25) is 4.79 Å². The number of hydrogen-bond donors (Lipinski definition) is 2. The van der Waals surface area contributed by atoms with Crippen molar-refractivity contribution in [3.63, 3.8) is 0 Å². The van der Waals surface area contributed by atoms with E-state index in [2.05, 4.69) is 29.5 Å². The molecule has 4 heteroatoms. The van der Waals surface area contributed by atoms with Crippen LogP contribution in [0.1, 0.15) is 23.7 Å². The summed E-state index contributed by atoms with van der Waals surface area (Å²) in [7, 11) is 0. The maximum atomic E-state index is 12.1. The van der Waals surface area contributed by atoms with Crippen LogP contribution >= 0.6 is 0 Å². The topological polar surface area (TPSA) is 68.7 Å². The van der Waals surface area contributed by atoms with Crippen LogP contribution in [0.3, 0.4) is 0 Å². The molecule has 1 aromatic heterocycles. The summed E-state index contributed by atoms with van der Waals surface area (Å²) >= 11 is 0. The second-order valence-electron chi connectivity index (χ2n) is 5.46. The Morgan fingerprint density at radius 3 is 2.91 bits per heavy atom. The lowest BCUT2D eigenvalue weighted by Gasteiger charge is -2.08. The Morgan fingerprint density at radius 1 is 1.45 bits per heavy atom. The van der Waals surface area contributed by atoms with Crippen LogP contribution in [0.4, 0.5) is 0 Å². The van der Waals surface area contributed by atoms with Gasteiger partial charge in [0.05, 0.1) is 23.7 Å². The Bertz CT molecular complexity index is 906. The van der Waals surface area contributed by atoms with Gasteiger partial charge in [-0.05, 0) is 36.8 Å². The summed E-state index contributed by atoms with van der Waals surface area (Å²) in [5.41, 5.74) is 5.46. The molecule has 108 valence electrons. The SMILES string of the molecule is C=C(C)/C=C1\C(=C)NC(=O)Cc2c1[nH]c1ccc(C#N)cc21. The van der Waals surface area contributed by atoms with Crippen molar-refractivity contribution in [1.29, 1.82) is 5.26 Å². The highest BCUT2D eigenvalue weighted by Gasteiger charge is 2.24. The number of amides is 1. The van der Waals surface area contributed by atoms with E-state index in [9.17, 15) is 4.79 Å². The molecule has 4 nitrogen and oxygen atoms in total. The van der Waals surface area contributed by atoms with E-state index in [0.717, 1.165) is 33.3 Å². The van der Waals surface area contributed by atoms with E-state index in [1.807, 2.05) is 25.1 Å². The maximum Gasteiger partial charge on any atom is 0.228 e. The van der Waals surface area contributed by atoms with E-state index in [1.54, 1.807) is 6.07 Å². The molecule has 0 bridgehead atoms. The average Bonchev–Trinajstić information content (AvgIpc) is 2.76. The monoisotopic (exact) mass is 289 g/mol. The molecule has 1 aromatic carbocycles. The number of carbonyl (C=O) groups is 1. The first-order valence-corrected chi connectivity index (χ1v) is 6.91. The van der Waals surface area contributed by atoms with Crippen molar-refractivity contribution in [2.75, 3.05) is 0 Å². The molecule has 22 heavy (non-hydrogen) atoms. The van der Waals surface area contributed by atoms with Crippen molar-refractivity contribution < 1.29 is 4.79 Å². The van der Waals surface area contributed by atoms with Crippen molar-refractivity contribution in [2.24, 2.45) is 0 Å². The third kappa shape index (κ3) is 2.23. The van der Waals surface area contributed by atoms with Crippen molar-refractivity contribution in [2.45, 2.75) is 13.3 Å². The molecular formula is C18H15N3O. The zero-order valence-electron chi connectivity index (χ0n) is 12.3. The van der Waals surface area contributed by atoms with E-state index in [4.69, 9.17) is 5.26 Å². The summed E-state index contributed by atoms with van der Waals surface area (Å²) in [5, 5.41) is 12.8. The fourth-order valence-electron chi connectivity index (χ4n) is 2.73. The van der Waals surface area contributed by atoms with Crippen molar-refractivity contribution >= 4 is 22.4 Å². The van der Waals surface area contributed by atoms with E-state index >= 15 is 0 Å². The van der Waals surface area contributed by atoms with Crippen LogP contribution in [0.2, 0.25) is 0 Å². The van der Waals surface area contributed by atoms with Crippen LogP contribution in [-0.2, 0) is 11.2 Å². The quantitative estimate of drug-likeness (QED) is 0.846. The summed E-state index contributed by atoms with van der Waals surface area (Å²) in [4.78, 5) is 15.4. The molecule has 0 aliphatic carbocycles. The van der Waals surface area contributed by atoms with Crippen LogP contribution in [-0.4, -0.2) is 10.9 Å². The van der Waals surface area contributed by atoms with E-state index < -0.39 is 0 Å². The molecule has 2 heterocycles. The second-order valence-corrected chi connectivity index (χ2v) is 5.46. The Morgan fingerprint density at radius 2 is 2.23 bits per heavy atom. The van der Waals surface area contributed by atoms with Gasteiger partial charge in [0.2, 0.25) is 5.91 Å². The minimum absolute atomic E-state index is 0.111. The van der Waals surface area contributed by atoms with Crippen LogP contribution in [0.15, 0.2) is 48.7 Å².